The van der Waals surface area contributed by atoms with Crippen LogP contribution in [0.25, 0.3) is 0 Å². The van der Waals surface area contributed by atoms with E-state index in [9.17, 15) is 0 Å². The van der Waals surface area contributed by atoms with Gasteiger partial charge in [0.05, 0.1) is 0 Å². The largest absolute Gasteiger partial charge is 0.352 e. The summed E-state index contributed by atoms with van der Waals surface area (Å²) in [5.74, 6) is 3.15. The monoisotopic (exact) mass is 151 g/mol. The van der Waals surface area contributed by atoms with Crippen LogP contribution in [0.5, 0.6) is 0 Å². The summed E-state index contributed by atoms with van der Waals surface area (Å²) in [5.41, 5.74) is 0. The molecule has 0 aromatic carbocycles. The second kappa shape index (κ2) is 3.56. The van der Waals surface area contributed by atoms with Gasteiger partial charge in [-0.2, -0.15) is 0 Å². The van der Waals surface area contributed by atoms with E-state index in [-0.39, 0.29) is 0 Å². The van der Waals surface area contributed by atoms with Gasteiger partial charge in [0.25, 0.3) is 0 Å². The second-order valence-electron chi connectivity index (χ2n) is 2.01. The minimum atomic E-state index is 0.639. The van der Waals surface area contributed by atoms with Crippen LogP contribution in [0.15, 0.2) is 0 Å². The van der Waals surface area contributed by atoms with Gasteiger partial charge < -0.3 is 5.32 Å². The van der Waals surface area contributed by atoms with Crippen LogP contribution in [0, 0.1) is 12.3 Å². The third kappa shape index (κ3) is 1.93. The first-order valence-corrected chi connectivity index (χ1v) is 3.24. The van der Waals surface area contributed by atoms with Gasteiger partial charge in [-0.3, -0.25) is 0 Å². The zero-order valence-corrected chi connectivity index (χ0v) is 6.28. The van der Waals surface area contributed by atoms with E-state index in [1.165, 1.54) is 0 Å². The second-order valence-corrected chi connectivity index (χ2v) is 2.01. The fraction of sp³-hybridized carbons (Fsp3) is 0.500. The predicted octanol–water partition coefficient (Wildman–Crippen LogP) is -0.355. The topological polar surface area (TPSA) is 55.6 Å². The molecular formula is C6H9N5. The molecule has 58 valence electrons. The van der Waals surface area contributed by atoms with Crippen molar-refractivity contribution in [2.45, 2.75) is 6.42 Å². The number of terminal acetylenes is 1. The van der Waals surface area contributed by atoms with Crippen LogP contribution < -0.4 is 5.32 Å². The maximum absolute atomic E-state index is 5.06. The highest BCUT2D eigenvalue weighted by Gasteiger charge is 1.97. The lowest BCUT2D eigenvalue weighted by Gasteiger charge is -1.98. The Hall–Kier alpha value is -1.57. The van der Waals surface area contributed by atoms with Gasteiger partial charge in [0.15, 0.2) is 0 Å². The molecule has 0 radical (unpaired) electrons. The highest BCUT2D eigenvalue weighted by Crippen LogP contribution is 1.94. The van der Waals surface area contributed by atoms with Crippen LogP contribution in [0.2, 0.25) is 0 Å². The van der Waals surface area contributed by atoms with E-state index in [1.807, 2.05) is 0 Å². The lowest BCUT2D eigenvalue weighted by atomic mass is 10.4. The molecule has 0 aliphatic rings. The Morgan fingerprint density at radius 1 is 1.73 bits per heavy atom. The smallest absolute Gasteiger partial charge is 0.242 e. The fourth-order valence-corrected chi connectivity index (χ4v) is 0.626. The molecule has 0 amide bonds. The van der Waals surface area contributed by atoms with Gasteiger partial charge in [0.1, 0.15) is 0 Å². The van der Waals surface area contributed by atoms with Gasteiger partial charge >= 0.3 is 0 Å². The highest BCUT2D eigenvalue weighted by atomic mass is 15.6. The average molecular weight is 151 g/mol. The molecule has 0 unspecified atom stereocenters. The van der Waals surface area contributed by atoms with Crippen molar-refractivity contribution in [3.8, 4) is 12.3 Å². The third-order valence-electron chi connectivity index (χ3n) is 1.17. The first-order chi connectivity index (χ1) is 5.34. The number of aryl methyl sites for hydroxylation is 1. The summed E-state index contributed by atoms with van der Waals surface area (Å²) in [5, 5.41) is 13.8. The van der Waals surface area contributed by atoms with Crippen LogP contribution >= 0.6 is 0 Å². The standard InChI is InChI=1S/C6H9N5/c1-3-4-5-7-6-8-9-10-11(6)2/h1H,4-5H2,2H3,(H,7,8,10). The van der Waals surface area contributed by atoms with Crippen molar-refractivity contribution in [2.75, 3.05) is 11.9 Å². The molecule has 11 heavy (non-hydrogen) atoms. The van der Waals surface area contributed by atoms with Crippen molar-refractivity contribution in [3.05, 3.63) is 0 Å². The first kappa shape index (κ1) is 7.54. The maximum atomic E-state index is 5.06. The van der Waals surface area contributed by atoms with Crippen LogP contribution in [0.3, 0.4) is 0 Å². The molecular weight excluding hydrogens is 142 g/mol. The molecule has 0 aliphatic heterocycles. The van der Waals surface area contributed by atoms with Crippen molar-refractivity contribution >= 4 is 5.95 Å². The van der Waals surface area contributed by atoms with E-state index in [4.69, 9.17) is 6.42 Å². The Balaban J connectivity index is 2.40. The summed E-state index contributed by atoms with van der Waals surface area (Å²) in [6.07, 6.45) is 5.73. The minimum Gasteiger partial charge on any atom is -0.352 e. The van der Waals surface area contributed by atoms with Gasteiger partial charge in [-0.05, 0) is 10.4 Å². The lowest BCUT2D eigenvalue weighted by molar-refractivity contribution is 0.712. The maximum Gasteiger partial charge on any atom is 0.242 e. The summed E-state index contributed by atoms with van der Waals surface area (Å²) < 4.78 is 1.55. The molecule has 1 N–H and O–H groups in total. The fourth-order valence-electron chi connectivity index (χ4n) is 0.626. The Labute approximate surface area is 64.8 Å². The van der Waals surface area contributed by atoms with Gasteiger partial charge in [-0.25, -0.2) is 4.68 Å². The van der Waals surface area contributed by atoms with Gasteiger partial charge in [-0.1, -0.05) is 5.10 Å². The molecule has 5 heteroatoms. The van der Waals surface area contributed by atoms with Crippen molar-refractivity contribution in [2.24, 2.45) is 7.05 Å². The van der Waals surface area contributed by atoms with Crippen LogP contribution in [-0.2, 0) is 7.05 Å². The number of tetrazole rings is 1. The Morgan fingerprint density at radius 3 is 3.09 bits per heavy atom. The molecule has 0 saturated carbocycles. The molecule has 0 fully saturated rings. The number of aromatic nitrogens is 4. The number of nitrogens with one attached hydrogen (secondary N) is 1. The van der Waals surface area contributed by atoms with E-state index in [0.717, 1.165) is 0 Å². The summed E-state index contributed by atoms with van der Waals surface area (Å²) >= 11 is 0. The van der Waals surface area contributed by atoms with Crippen molar-refractivity contribution < 1.29 is 0 Å². The highest BCUT2D eigenvalue weighted by molar-refractivity contribution is 5.20. The molecule has 0 aliphatic carbocycles. The predicted molar refractivity (Wildman–Crippen MR) is 40.7 cm³/mol. The number of anilines is 1. The van der Waals surface area contributed by atoms with E-state index in [0.29, 0.717) is 18.9 Å². The summed E-state index contributed by atoms with van der Waals surface area (Å²) in [7, 11) is 1.76. The third-order valence-corrected chi connectivity index (χ3v) is 1.17. The Bertz CT molecular complexity index is 258. The summed E-state index contributed by atoms with van der Waals surface area (Å²) in [6.45, 7) is 0.699. The molecule has 0 saturated heterocycles. The zero-order valence-electron chi connectivity index (χ0n) is 6.28. The molecule has 1 rings (SSSR count). The SMILES string of the molecule is C#CCCNc1nnnn1C. The normalized spacial score (nSPS) is 9.09. The zero-order chi connectivity index (χ0) is 8.10. The first-order valence-electron chi connectivity index (χ1n) is 3.24. The number of hydrogen-bond donors (Lipinski definition) is 1. The molecule has 1 aromatic heterocycles. The molecule has 1 heterocycles. The van der Waals surface area contributed by atoms with E-state index in [2.05, 4.69) is 26.8 Å². The van der Waals surface area contributed by atoms with Crippen LogP contribution in [-0.4, -0.2) is 26.8 Å². The number of hydrogen-bond acceptors (Lipinski definition) is 4. The van der Waals surface area contributed by atoms with Gasteiger partial charge in [0.2, 0.25) is 5.95 Å². The van der Waals surface area contributed by atoms with Crippen LogP contribution in [0.4, 0.5) is 5.95 Å². The van der Waals surface area contributed by atoms with Gasteiger partial charge in [-0.15, -0.1) is 12.3 Å². The summed E-state index contributed by atoms with van der Waals surface area (Å²) in [6, 6.07) is 0. The quantitative estimate of drug-likeness (QED) is 0.473. The molecule has 5 nitrogen and oxygen atoms in total. The average Bonchev–Trinajstić information content (AvgIpc) is 2.37. The summed E-state index contributed by atoms with van der Waals surface area (Å²) in [4.78, 5) is 0. The van der Waals surface area contributed by atoms with Crippen LogP contribution in [0.1, 0.15) is 6.42 Å². The molecule has 0 spiro atoms. The molecule has 0 bridgehead atoms. The van der Waals surface area contributed by atoms with E-state index >= 15 is 0 Å². The Kier molecular flexibility index (Phi) is 2.44. The van der Waals surface area contributed by atoms with E-state index < -0.39 is 0 Å². The Morgan fingerprint density at radius 2 is 2.55 bits per heavy atom. The number of nitrogens with zero attached hydrogens (tertiary/aromatic N) is 4. The minimum absolute atomic E-state index is 0.639. The number of rotatable bonds is 3. The van der Waals surface area contributed by atoms with Crippen molar-refractivity contribution in [1.29, 1.82) is 0 Å². The van der Waals surface area contributed by atoms with Crippen molar-refractivity contribution in [1.82, 2.24) is 20.2 Å². The van der Waals surface area contributed by atoms with Gasteiger partial charge in [0, 0.05) is 20.0 Å². The molecule has 0 atom stereocenters. The van der Waals surface area contributed by atoms with Crippen molar-refractivity contribution in [3.63, 3.8) is 0 Å². The van der Waals surface area contributed by atoms with E-state index in [1.54, 1.807) is 11.7 Å². The lowest BCUT2D eigenvalue weighted by Crippen LogP contribution is -2.06. The molecule has 1 aromatic rings.